The lowest BCUT2D eigenvalue weighted by atomic mass is 10.0. The third-order valence-corrected chi connectivity index (χ3v) is 2.90. The van der Waals surface area contributed by atoms with E-state index in [4.69, 9.17) is 4.74 Å². The lowest BCUT2D eigenvalue weighted by Gasteiger charge is -2.02. The van der Waals surface area contributed by atoms with E-state index in [-0.39, 0.29) is 16.8 Å². The Balaban J connectivity index is 2.21. The zero-order chi connectivity index (χ0) is 15.4. The summed E-state index contributed by atoms with van der Waals surface area (Å²) in [4.78, 5) is 34.0. The molecule has 0 bridgehead atoms. The number of carbonyl (C=O) groups is 2. The van der Waals surface area contributed by atoms with Gasteiger partial charge in [0.1, 0.15) is 5.75 Å². The van der Waals surface area contributed by atoms with Gasteiger partial charge in [0.15, 0.2) is 0 Å². The van der Waals surface area contributed by atoms with Crippen LogP contribution in [0.1, 0.15) is 20.7 Å². The Labute approximate surface area is 120 Å². The molecule has 2 aromatic carbocycles. The Morgan fingerprint density at radius 1 is 0.905 bits per heavy atom. The molecule has 0 radical (unpaired) electrons. The van der Waals surface area contributed by atoms with E-state index in [0.29, 0.717) is 5.75 Å². The molecule has 0 unspecified atom stereocenters. The summed E-state index contributed by atoms with van der Waals surface area (Å²) in [5, 5.41) is 10.5. The number of ether oxygens (including phenoxy) is 1. The van der Waals surface area contributed by atoms with Crippen LogP contribution in [0.3, 0.4) is 0 Å². The van der Waals surface area contributed by atoms with Crippen molar-refractivity contribution in [3.63, 3.8) is 0 Å². The molecule has 0 spiro atoms. The molecule has 6 heteroatoms. The van der Waals surface area contributed by atoms with Crippen LogP contribution in [0.5, 0.6) is 5.75 Å². The molecule has 0 fully saturated rings. The molecule has 0 aliphatic carbocycles. The fraction of sp³-hybridized carbons (Fsp3) is 0.0667. The van der Waals surface area contributed by atoms with Crippen molar-refractivity contribution in [2.75, 3.05) is 7.11 Å². The van der Waals surface area contributed by atoms with E-state index in [1.807, 2.05) is 0 Å². The predicted octanol–water partition coefficient (Wildman–Crippen LogP) is 2.67. The Morgan fingerprint density at radius 3 is 1.71 bits per heavy atom. The van der Waals surface area contributed by atoms with Gasteiger partial charge in [-0.3, -0.25) is 19.7 Å². The molecular formula is C15H11NO5. The number of benzene rings is 2. The van der Waals surface area contributed by atoms with Crippen LogP contribution in [0.2, 0.25) is 0 Å². The Hall–Kier alpha value is -3.02. The van der Waals surface area contributed by atoms with Gasteiger partial charge in [-0.05, 0) is 36.4 Å². The minimum absolute atomic E-state index is 0.112. The summed E-state index contributed by atoms with van der Waals surface area (Å²) < 4.78 is 4.97. The monoisotopic (exact) mass is 285 g/mol. The highest BCUT2D eigenvalue weighted by molar-refractivity contribution is 6.49. The topological polar surface area (TPSA) is 86.5 Å². The molecule has 2 rings (SSSR count). The molecule has 0 amide bonds. The van der Waals surface area contributed by atoms with Crippen molar-refractivity contribution in [2.24, 2.45) is 0 Å². The molecule has 0 heterocycles. The Kier molecular flexibility index (Phi) is 4.08. The van der Waals surface area contributed by atoms with Crippen LogP contribution in [0.15, 0.2) is 48.5 Å². The van der Waals surface area contributed by atoms with E-state index >= 15 is 0 Å². The lowest BCUT2D eigenvalue weighted by Crippen LogP contribution is -2.14. The predicted molar refractivity (Wildman–Crippen MR) is 74.8 cm³/mol. The molecule has 106 valence electrons. The summed E-state index contributed by atoms with van der Waals surface area (Å²) in [7, 11) is 1.50. The molecule has 0 N–H and O–H groups in total. The van der Waals surface area contributed by atoms with E-state index in [9.17, 15) is 19.7 Å². The number of nitro benzene ring substituents is 1. The van der Waals surface area contributed by atoms with E-state index in [1.165, 1.54) is 43.5 Å². The molecule has 0 aliphatic heterocycles. The number of non-ortho nitro benzene ring substituents is 1. The number of hydrogen-bond donors (Lipinski definition) is 0. The summed E-state index contributed by atoms with van der Waals surface area (Å²) in [5.74, 6) is -0.809. The van der Waals surface area contributed by atoms with Crippen molar-refractivity contribution in [2.45, 2.75) is 0 Å². The fourth-order valence-corrected chi connectivity index (χ4v) is 1.74. The van der Waals surface area contributed by atoms with Crippen LogP contribution in [0.25, 0.3) is 0 Å². The van der Waals surface area contributed by atoms with Gasteiger partial charge >= 0.3 is 0 Å². The SMILES string of the molecule is COc1ccc(C(=O)C(=O)c2ccc([N+](=O)[O-])cc2)cc1. The zero-order valence-corrected chi connectivity index (χ0v) is 11.1. The first kappa shape index (κ1) is 14.4. The lowest BCUT2D eigenvalue weighted by molar-refractivity contribution is -0.384. The summed E-state index contributed by atoms with van der Waals surface area (Å²) in [6.07, 6.45) is 0. The first-order valence-electron chi connectivity index (χ1n) is 6.00. The minimum atomic E-state index is -0.713. The Bertz CT molecular complexity index is 689. The van der Waals surface area contributed by atoms with Gasteiger partial charge in [-0.25, -0.2) is 0 Å². The third-order valence-electron chi connectivity index (χ3n) is 2.90. The number of ketones is 2. The second kappa shape index (κ2) is 5.96. The van der Waals surface area contributed by atoms with Crippen LogP contribution in [-0.2, 0) is 0 Å². The van der Waals surface area contributed by atoms with E-state index in [1.54, 1.807) is 12.1 Å². The summed E-state index contributed by atoms with van der Waals surface area (Å²) >= 11 is 0. The van der Waals surface area contributed by atoms with Crippen molar-refractivity contribution >= 4 is 17.3 Å². The van der Waals surface area contributed by atoms with Crippen LogP contribution in [-0.4, -0.2) is 23.6 Å². The number of nitro groups is 1. The smallest absolute Gasteiger partial charge is 0.269 e. The van der Waals surface area contributed by atoms with E-state index in [2.05, 4.69) is 0 Å². The maximum Gasteiger partial charge on any atom is 0.269 e. The molecule has 0 aliphatic rings. The quantitative estimate of drug-likeness (QED) is 0.365. The fourth-order valence-electron chi connectivity index (χ4n) is 1.74. The molecule has 0 saturated carbocycles. The van der Waals surface area contributed by atoms with Gasteiger partial charge in [-0.1, -0.05) is 0 Å². The number of nitrogens with zero attached hydrogens (tertiary/aromatic N) is 1. The first-order valence-corrected chi connectivity index (χ1v) is 6.00. The Morgan fingerprint density at radius 2 is 1.33 bits per heavy atom. The summed E-state index contributed by atoms with van der Waals surface area (Å²) in [5.41, 5.74) is 0.212. The molecule has 0 aromatic heterocycles. The second-order valence-electron chi connectivity index (χ2n) is 4.19. The number of rotatable bonds is 5. The largest absolute Gasteiger partial charge is 0.497 e. The summed E-state index contributed by atoms with van der Waals surface area (Å²) in [6.45, 7) is 0. The third kappa shape index (κ3) is 3.11. The molecule has 6 nitrogen and oxygen atoms in total. The minimum Gasteiger partial charge on any atom is -0.497 e. The summed E-state index contributed by atoms with van der Waals surface area (Å²) in [6, 6.07) is 11.1. The van der Waals surface area contributed by atoms with Crippen LogP contribution >= 0.6 is 0 Å². The highest BCUT2D eigenvalue weighted by atomic mass is 16.6. The van der Waals surface area contributed by atoms with Gasteiger partial charge in [0.05, 0.1) is 12.0 Å². The van der Waals surface area contributed by atoms with Gasteiger partial charge in [-0.15, -0.1) is 0 Å². The maximum atomic E-state index is 12.0. The number of carbonyl (C=O) groups excluding carboxylic acids is 2. The average molecular weight is 285 g/mol. The molecule has 0 atom stereocenters. The maximum absolute atomic E-state index is 12.0. The van der Waals surface area contributed by atoms with Crippen LogP contribution in [0, 0.1) is 10.1 Å². The van der Waals surface area contributed by atoms with Gasteiger partial charge in [-0.2, -0.15) is 0 Å². The molecular weight excluding hydrogens is 274 g/mol. The first-order chi connectivity index (χ1) is 10.0. The van der Waals surface area contributed by atoms with Gasteiger partial charge in [0.25, 0.3) is 5.69 Å². The second-order valence-corrected chi connectivity index (χ2v) is 4.19. The molecule has 21 heavy (non-hydrogen) atoms. The van der Waals surface area contributed by atoms with E-state index < -0.39 is 16.5 Å². The number of hydrogen-bond acceptors (Lipinski definition) is 5. The van der Waals surface area contributed by atoms with Crippen LogP contribution < -0.4 is 4.74 Å². The number of methoxy groups -OCH3 is 1. The van der Waals surface area contributed by atoms with Crippen molar-refractivity contribution in [1.82, 2.24) is 0 Å². The zero-order valence-electron chi connectivity index (χ0n) is 11.1. The van der Waals surface area contributed by atoms with Crippen molar-refractivity contribution in [1.29, 1.82) is 0 Å². The number of Topliss-reactive ketones (excluding diaryl/α,β-unsaturated/α-hetero) is 2. The van der Waals surface area contributed by atoms with E-state index in [0.717, 1.165) is 0 Å². The molecule has 0 saturated heterocycles. The van der Waals surface area contributed by atoms with Crippen LogP contribution in [0.4, 0.5) is 5.69 Å². The standard InChI is InChI=1S/C15H11NO5/c1-21-13-8-4-11(5-9-13)15(18)14(17)10-2-6-12(7-3-10)16(19)20/h2-9H,1H3. The van der Waals surface area contributed by atoms with Crippen molar-refractivity contribution < 1.29 is 19.2 Å². The highest BCUT2D eigenvalue weighted by Gasteiger charge is 2.19. The normalized spacial score (nSPS) is 9.95. The van der Waals surface area contributed by atoms with Crippen molar-refractivity contribution in [3.8, 4) is 5.75 Å². The van der Waals surface area contributed by atoms with Crippen molar-refractivity contribution in [3.05, 3.63) is 69.8 Å². The average Bonchev–Trinajstić information content (AvgIpc) is 2.53. The highest BCUT2D eigenvalue weighted by Crippen LogP contribution is 2.16. The van der Waals surface area contributed by atoms with Gasteiger partial charge < -0.3 is 4.74 Å². The van der Waals surface area contributed by atoms with Gasteiger partial charge in [0, 0.05) is 23.3 Å². The molecule has 2 aromatic rings. The van der Waals surface area contributed by atoms with Gasteiger partial charge in [0.2, 0.25) is 11.6 Å².